The minimum absolute atomic E-state index is 0.0965. The SMILES string of the molecule is CNC(=O)C[C@@H]1CC2(CCN(Cc3ccoc3)CC2)Oc2ccccc21. The van der Waals surface area contributed by atoms with Gasteiger partial charge in [-0.15, -0.1) is 0 Å². The molecule has 4 rings (SSSR count). The van der Waals surface area contributed by atoms with Crippen molar-refractivity contribution in [1.82, 2.24) is 10.2 Å². The highest BCUT2D eigenvalue weighted by Gasteiger charge is 2.43. The molecular formula is C21H26N2O3. The Morgan fingerprint density at radius 3 is 2.81 bits per heavy atom. The second kappa shape index (κ2) is 7.16. The summed E-state index contributed by atoms with van der Waals surface area (Å²) in [5.74, 6) is 1.27. The lowest BCUT2D eigenvalue weighted by atomic mass is 9.76. The van der Waals surface area contributed by atoms with Crippen molar-refractivity contribution in [3.63, 3.8) is 0 Å². The van der Waals surface area contributed by atoms with Gasteiger partial charge in [-0.3, -0.25) is 9.69 Å². The first-order chi connectivity index (χ1) is 12.7. The molecule has 1 fully saturated rings. The first kappa shape index (κ1) is 17.2. The van der Waals surface area contributed by atoms with Crippen LogP contribution >= 0.6 is 0 Å². The third-order valence-electron chi connectivity index (χ3n) is 5.77. The first-order valence-electron chi connectivity index (χ1n) is 9.39. The van der Waals surface area contributed by atoms with Gasteiger partial charge in [-0.1, -0.05) is 18.2 Å². The summed E-state index contributed by atoms with van der Waals surface area (Å²) >= 11 is 0. The molecule has 1 aromatic heterocycles. The van der Waals surface area contributed by atoms with Crippen LogP contribution in [0.3, 0.4) is 0 Å². The summed E-state index contributed by atoms with van der Waals surface area (Å²) in [6.07, 6.45) is 6.96. The van der Waals surface area contributed by atoms with Crippen molar-refractivity contribution in [2.75, 3.05) is 20.1 Å². The number of fused-ring (bicyclic) bond motifs is 1. The average Bonchev–Trinajstić information content (AvgIpc) is 3.17. The molecule has 1 spiro atoms. The monoisotopic (exact) mass is 354 g/mol. The van der Waals surface area contributed by atoms with E-state index >= 15 is 0 Å². The number of benzene rings is 1. The molecule has 2 aliphatic heterocycles. The van der Waals surface area contributed by atoms with E-state index in [1.54, 1.807) is 13.3 Å². The maximum absolute atomic E-state index is 12.0. The number of hydrogen-bond donors (Lipinski definition) is 1. The van der Waals surface area contributed by atoms with E-state index in [0.717, 1.165) is 44.6 Å². The van der Waals surface area contributed by atoms with E-state index in [0.29, 0.717) is 6.42 Å². The number of para-hydroxylation sites is 1. The third-order valence-corrected chi connectivity index (χ3v) is 5.77. The van der Waals surface area contributed by atoms with E-state index in [4.69, 9.17) is 9.15 Å². The molecule has 26 heavy (non-hydrogen) atoms. The standard InChI is InChI=1S/C21H26N2O3/c1-22-20(24)12-17-13-21(26-19-5-3-2-4-18(17)19)7-9-23(10-8-21)14-16-6-11-25-15-16/h2-6,11,15,17H,7-10,12-14H2,1H3,(H,22,24)/t17-/m1/s1. The van der Waals surface area contributed by atoms with Crippen LogP contribution in [-0.4, -0.2) is 36.5 Å². The smallest absolute Gasteiger partial charge is 0.220 e. The van der Waals surface area contributed by atoms with Crippen molar-refractivity contribution < 1.29 is 13.9 Å². The van der Waals surface area contributed by atoms with Gasteiger partial charge in [0.15, 0.2) is 0 Å². The largest absolute Gasteiger partial charge is 0.487 e. The zero-order chi connectivity index (χ0) is 18.0. The van der Waals surface area contributed by atoms with Gasteiger partial charge in [-0.2, -0.15) is 0 Å². The number of amides is 1. The predicted molar refractivity (Wildman–Crippen MR) is 99.1 cm³/mol. The highest BCUT2D eigenvalue weighted by atomic mass is 16.5. The number of carbonyl (C=O) groups is 1. The van der Waals surface area contributed by atoms with Crippen LogP contribution in [0.5, 0.6) is 5.75 Å². The normalized spacial score (nSPS) is 21.8. The van der Waals surface area contributed by atoms with Gasteiger partial charge in [0.2, 0.25) is 5.91 Å². The van der Waals surface area contributed by atoms with Crippen LogP contribution in [0.2, 0.25) is 0 Å². The Morgan fingerprint density at radius 1 is 1.27 bits per heavy atom. The summed E-state index contributed by atoms with van der Waals surface area (Å²) in [7, 11) is 1.71. The highest BCUT2D eigenvalue weighted by molar-refractivity contribution is 5.76. The molecule has 1 N–H and O–H groups in total. The quantitative estimate of drug-likeness (QED) is 0.915. The molecule has 1 aromatic carbocycles. The van der Waals surface area contributed by atoms with E-state index in [2.05, 4.69) is 16.3 Å². The number of ether oxygens (including phenoxy) is 1. The number of nitrogens with one attached hydrogen (secondary N) is 1. The summed E-state index contributed by atoms with van der Waals surface area (Å²) in [5.41, 5.74) is 2.23. The number of rotatable bonds is 4. The van der Waals surface area contributed by atoms with Crippen molar-refractivity contribution in [2.45, 2.75) is 43.7 Å². The lowest BCUT2D eigenvalue weighted by Gasteiger charge is -2.47. The molecule has 0 unspecified atom stereocenters. The number of hydrogen-bond acceptors (Lipinski definition) is 4. The van der Waals surface area contributed by atoms with Crippen LogP contribution in [0.1, 0.15) is 42.7 Å². The molecule has 5 heteroatoms. The Hall–Kier alpha value is -2.27. The third kappa shape index (κ3) is 3.49. The number of nitrogens with zero attached hydrogens (tertiary/aromatic N) is 1. The fourth-order valence-electron chi connectivity index (χ4n) is 4.32. The van der Waals surface area contributed by atoms with Gasteiger partial charge < -0.3 is 14.5 Å². The van der Waals surface area contributed by atoms with Crippen molar-refractivity contribution >= 4 is 5.91 Å². The molecule has 2 aliphatic rings. The second-order valence-electron chi connectivity index (χ2n) is 7.51. The summed E-state index contributed by atoms with van der Waals surface area (Å²) in [5, 5.41) is 2.77. The van der Waals surface area contributed by atoms with Crippen LogP contribution in [-0.2, 0) is 11.3 Å². The van der Waals surface area contributed by atoms with Crippen molar-refractivity contribution in [1.29, 1.82) is 0 Å². The maximum atomic E-state index is 12.0. The number of carbonyl (C=O) groups excluding carboxylic acids is 1. The van der Waals surface area contributed by atoms with Crippen molar-refractivity contribution in [2.24, 2.45) is 0 Å². The summed E-state index contributed by atoms with van der Waals surface area (Å²) in [4.78, 5) is 14.5. The first-order valence-corrected chi connectivity index (χ1v) is 9.39. The van der Waals surface area contributed by atoms with Gasteiger partial charge in [-0.05, 0) is 37.0 Å². The zero-order valence-corrected chi connectivity index (χ0v) is 15.2. The summed E-state index contributed by atoms with van der Waals surface area (Å²) in [6, 6.07) is 10.2. The molecule has 3 heterocycles. The summed E-state index contributed by atoms with van der Waals surface area (Å²) < 4.78 is 11.7. The van der Waals surface area contributed by atoms with Gasteiger partial charge in [0.25, 0.3) is 0 Å². The van der Waals surface area contributed by atoms with Crippen LogP contribution in [0, 0.1) is 0 Å². The molecule has 0 saturated carbocycles. The number of furan rings is 1. The van der Waals surface area contributed by atoms with Gasteiger partial charge in [0.05, 0.1) is 12.5 Å². The molecule has 1 amide bonds. The van der Waals surface area contributed by atoms with Gasteiger partial charge in [0, 0.05) is 44.6 Å². The fraction of sp³-hybridized carbons (Fsp3) is 0.476. The van der Waals surface area contributed by atoms with E-state index < -0.39 is 0 Å². The molecule has 0 aliphatic carbocycles. The zero-order valence-electron chi connectivity index (χ0n) is 15.2. The van der Waals surface area contributed by atoms with E-state index in [1.807, 2.05) is 30.5 Å². The van der Waals surface area contributed by atoms with Crippen LogP contribution in [0.4, 0.5) is 0 Å². The minimum Gasteiger partial charge on any atom is -0.487 e. The predicted octanol–water partition coefficient (Wildman–Crippen LogP) is 3.32. The number of piperidine rings is 1. The Labute approximate surface area is 154 Å². The second-order valence-corrected chi connectivity index (χ2v) is 7.51. The van der Waals surface area contributed by atoms with E-state index in [1.165, 1.54) is 11.1 Å². The lowest BCUT2D eigenvalue weighted by Crippen LogP contribution is -2.50. The van der Waals surface area contributed by atoms with Gasteiger partial charge in [0.1, 0.15) is 11.4 Å². The van der Waals surface area contributed by atoms with E-state index in [9.17, 15) is 4.79 Å². The highest BCUT2D eigenvalue weighted by Crippen LogP contribution is 2.46. The Kier molecular flexibility index (Phi) is 4.72. The van der Waals surface area contributed by atoms with Crippen LogP contribution in [0.15, 0.2) is 47.3 Å². The Balaban J connectivity index is 1.48. The lowest BCUT2D eigenvalue weighted by molar-refractivity contribution is -0.121. The molecule has 1 saturated heterocycles. The topological polar surface area (TPSA) is 54.7 Å². The van der Waals surface area contributed by atoms with Crippen molar-refractivity contribution in [3.8, 4) is 5.75 Å². The summed E-state index contributed by atoms with van der Waals surface area (Å²) in [6.45, 7) is 2.92. The number of likely N-dealkylation sites (tertiary alicyclic amines) is 1. The molecule has 2 aromatic rings. The molecular weight excluding hydrogens is 328 g/mol. The molecule has 5 nitrogen and oxygen atoms in total. The van der Waals surface area contributed by atoms with Crippen molar-refractivity contribution in [3.05, 3.63) is 54.0 Å². The molecule has 138 valence electrons. The average molecular weight is 354 g/mol. The molecule has 0 bridgehead atoms. The molecule has 0 radical (unpaired) electrons. The van der Waals surface area contributed by atoms with E-state index in [-0.39, 0.29) is 17.4 Å². The minimum atomic E-state index is -0.153. The van der Waals surface area contributed by atoms with Crippen LogP contribution in [0.25, 0.3) is 0 Å². The Bertz CT molecular complexity index is 748. The molecule has 1 atom stereocenters. The van der Waals surface area contributed by atoms with Crippen LogP contribution < -0.4 is 10.1 Å². The van der Waals surface area contributed by atoms with Gasteiger partial charge >= 0.3 is 0 Å². The Morgan fingerprint density at radius 2 is 2.08 bits per heavy atom. The van der Waals surface area contributed by atoms with Gasteiger partial charge in [-0.25, -0.2) is 0 Å². The maximum Gasteiger partial charge on any atom is 0.220 e. The fourth-order valence-corrected chi connectivity index (χ4v) is 4.32.